The first-order chi connectivity index (χ1) is 9.95. The number of carbonyl (C=O) groups excluding carboxylic acids is 2. The molecular formula is C16H19ClN2O2. The van der Waals surface area contributed by atoms with E-state index in [4.69, 9.17) is 16.9 Å². The van der Waals surface area contributed by atoms with Crippen LogP contribution < -0.4 is 0 Å². The maximum Gasteiger partial charge on any atom is 0.222 e. The van der Waals surface area contributed by atoms with E-state index in [-0.39, 0.29) is 17.7 Å². The van der Waals surface area contributed by atoms with Crippen LogP contribution in [-0.2, 0) is 4.79 Å². The molecule has 0 spiro atoms. The molecule has 0 aliphatic rings. The Kier molecular flexibility index (Phi) is 6.90. The van der Waals surface area contributed by atoms with Crippen molar-refractivity contribution < 1.29 is 9.59 Å². The average molecular weight is 307 g/mol. The zero-order valence-electron chi connectivity index (χ0n) is 12.3. The number of Topliss-reactive ketones (excluding diaryl/α,β-unsaturated/α-hetero) is 1. The number of hydrogen-bond donors (Lipinski definition) is 0. The highest BCUT2D eigenvalue weighted by molar-refractivity contribution is 6.30. The van der Waals surface area contributed by atoms with Gasteiger partial charge in [-0.15, -0.1) is 0 Å². The van der Waals surface area contributed by atoms with Crippen molar-refractivity contribution in [2.24, 2.45) is 0 Å². The van der Waals surface area contributed by atoms with Gasteiger partial charge >= 0.3 is 0 Å². The molecule has 0 heterocycles. The average Bonchev–Trinajstić information content (AvgIpc) is 2.47. The maximum absolute atomic E-state index is 11.9. The molecule has 21 heavy (non-hydrogen) atoms. The number of ketones is 1. The van der Waals surface area contributed by atoms with Gasteiger partial charge in [-0.05, 0) is 37.6 Å². The highest BCUT2D eigenvalue weighted by Gasteiger charge is 2.15. The lowest BCUT2D eigenvalue weighted by molar-refractivity contribution is -0.131. The van der Waals surface area contributed by atoms with Crippen molar-refractivity contribution in [3.63, 3.8) is 0 Å². The number of nitriles is 1. The third-order valence-corrected chi connectivity index (χ3v) is 3.65. The molecule has 0 unspecified atom stereocenters. The smallest absolute Gasteiger partial charge is 0.222 e. The monoisotopic (exact) mass is 306 g/mol. The van der Waals surface area contributed by atoms with Gasteiger partial charge in [-0.25, -0.2) is 0 Å². The molecule has 0 aliphatic heterocycles. The second-order valence-electron chi connectivity index (χ2n) is 5.00. The van der Waals surface area contributed by atoms with E-state index in [0.717, 1.165) is 0 Å². The van der Waals surface area contributed by atoms with Crippen LogP contribution in [0.2, 0.25) is 5.02 Å². The summed E-state index contributed by atoms with van der Waals surface area (Å²) in [5.41, 5.74) is 0.609. The van der Waals surface area contributed by atoms with Gasteiger partial charge in [0, 0.05) is 36.5 Å². The van der Waals surface area contributed by atoms with Gasteiger partial charge in [-0.3, -0.25) is 9.59 Å². The van der Waals surface area contributed by atoms with Gasteiger partial charge in [0.1, 0.15) is 0 Å². The minimum atomic E-state index is -0.102. The van der Waals surface area contributed by atoms with E-state index in [2.05, 4.69) is 0 Å². The van der Waals surface area contributed by atoms with Gasteiger partial charge in [0.15, 0.2) is 5.78 Å². The number of carbonyl (C=O) groups is 2. The molecule has 1 aromatic rings. The van der Waals surface area contributed by atoms with Crippen molar-refractivity contribution in [2.45, 2.75) is 38.6 Å². The first kappa shape index (κ1) is 17.2. The van der Waals surface area contributed by atoms with E-state index >= 15 is 0 Å². The lowest BCUT2D eigenvalue weighted by atomic mass is 10.1. The van der Waals surface area contributed by atoms with Crippen LogP contribution in [0.4, 0.5) is 0 Å². The number of rotatable bonds is 7. The lowest BCUT2D eigenvalue weighted by Gasteiger charge is -2.22. The second kappa shape index (κ2) is 8.43. The summed E-state index contributed by atoms with van der Waals surface area (Å²) in [7, 11) is 1.69. The normalized spacial score (nSPS) is 11.5. The molecule has 4 nitrogen and oxygen atoms in total. The van der Waals surface area contributed by atoms with Crippen LogP contribution >= 0.6 is 11.6 Å². The van der Waals surface area contributed by atoms with Gasteiger partial charge in [-0.1, -0.05) is 11.6 Å². The summed E-state index contributed by atoms with van der Waals surface area (Å²) < 4.78 is 0. The molecule has 1 rings (SSSR count). The Morgan fingerprint density at radius 2 is 1.90 bits per heavy atom. The second-order valence-corrected chi connectivity index (χ2v) is 5.44. The molecule has 0 bridgehead atoms. The van der Waals surface area contributed by atoms with Crippen LogP contribution in [-0.4, -0.2) is 29.7 Å². The van der Waals surface area contributed by atoms with Crippen molar-refractivity contribution >= 4 is 23.3 Å². The van der Waals surface area contributed by atoms with Crippen molar-refractivity contribution in [2.75, 3.05) is 7.05 Å². The van der Waals surface area contributed by atoms with Crippen LogP contribution in [0.5, 0.6) is 0 Å². The molecule has 1 atom stereocenters. The Labute approximate surface area is 130 Å². The summed E-state index contributed by atoms with van der Waals surface area (Å²) in [6.45, 7) is 1.83. The van der Waals surface area contributed by atoms with E-state index in [1.54, 1.807) is 36.2 Å². The Morgan fingerprint density at radius 3 is 2.48 bits per heavy atom. The van der Waals surface area contributed by atoms with E-state index < -0.39 is 0 Å². The number of nitrogens with zero attached hydrogens (tertiary/aromatic N) is 2. The Morgan fingerprint density at radius 1 is 1.29 bits per heavy atom. The third kappa shape index (κ3) is 5.57. The maximum atomic E-state index is 11.9. The topological polar surface area (TPSA) is 61.2 Å². The first-order valence-corrected chi connectivity index (χ1v) is 7.25. The summed E-state index contributed by atoms with van der Waals surface area (Å²) in [4.78, 5) is 25.4. The minimum absolute atomic E-state index is 0.00666. The standard InChI is InChI=1S/C16H19ClN2O2/c1-12(10-11-18)19(2)16(21)5-3-4-15(20)13-6-8-14(17)9-7-13/h6-9,12H,3-5,10H2,1-2H3/t12-/m1/s1. The fraction of sp³-hybridized carbons (Fsp3) is 0.438. The van der Waals surface area contributed by atoms with Crippen LogP contribution in [0, 0.1) is 11.3 Å². The molecule has 0 aliphatic carbocycles. The van der Waals surface area contributed by atoms with Crippen molar-refractivity contribution in [1.82, 2.24) is 4.90 Å². The molecule has 0 N–H and O–H groups in total. The predicted molar refractivity (Wildman–Crippen MR) is 82.1 cm³/mol. The van der Waals surface area contributed by atoms with E-state index in [9.17, 15) is 9.59 Å². The van der Waals surface area contributed by atoms with Crippen LogP contribution in [0.1, 0.15) is 43.0 Å². The summed E-state index contributed by atoms with van der Waals surface area (Å²) in [6, 6.07) is 8.67. The predicted octanol–water partition coefficient (Wildman–Crippen LogP) is 3.45. The Hall–Kier alpha value is -1.86. The fourth-order valence-electron chi connectivity index (χ4n) is 1.87. The zero-order chi connectivity index (χ0) is 15.8. The molecule has 0 fully saturated rings. The SMILES string of the molecule is C[C@H](CC#N)N(C)C(=O)CCCC(=O)c1ccc(Cl)cc1. The molecule has 0 radical (unpaired) electrons. The summed E-state index contributed by atoms with van der Waals surface area (Å²) in [5, 5.41) is 9.21. The van der Waals surface area contributed by atoms with Crippen LogP contribution in [0.3, 0.4) is 0 Å². The van der Waals surface area contributed by atoms with Crippen LogP contribution in [0.15, 0.2) is 24.3 Å². The summed E-state index contributed by atoms with van der Waals surface area (Å²) in [5.74, 6) is -0.0335. The molecule has 1 amide bonds. The Balaban J connectivity index is 2.39. The summed E-state index contributed by atoms with van der Waals surface area (Å²) in [6.07, 6.45) is 1.45. The number of hydrogen-bond acceptors (Lipinski definition) is 3. The molecule has 0 aromatic heterocycles. The van der Waals surface area contributed by atoms with E-state index in [1.165, 1.54) is 0 Å². The number of amides is 1. The van der Waals surface area contributed by atoms with Crippen molar-refractivity contribution in [1.29, 1.82) is 5.26 Å². The molecule has 0 saturated heterocycles. The van der Waals surface area contributed by atoms with Crippen molar-refractivity contribution in [3.8, 4) is 6.07 Å². The van der Waals surface area contributed by atoms with Gasteiger partial charge in [0.25, 0.3) is 0 Å². The van der Waals surface area contributed by atoms with Gasteiger partial charge in [-0.2, -0.15) is 5.26 Å². The highest BCUT2D eigenvalue weighted by Crippen LogP contribution is 2.13. The first-order valence-electron chi connectivity index (χ1n) is 6.87. The summed E-state index contributed by atoms with van der Waals surface area (Å²) >= 11 is 5.77. The number of halogens is 1. The zero-order valence-corrected chi connectivity index (χ0v) is 13.1. The molecular weight excluding hydrogens is 288 g/mol. The molecule has 5 heteroatoms. The molecule has 1 aromatic carbocycles. The van der Waals surface area contributed by atoms with E-state index in [1.807, 2.05) is 13.0 Å². The van der Waals surface area contributed by atoms with Gasteiger partial charge < -0.3 is 4.90 Å². The highest BCUT2D eigenvalue weighted by atomic mass is 35.5. The lowest BCUT2D eigenvalue weighted by Crippen LogP contribution is -2.34. The minimum Gasteiger partial charge on any atom is -0.342 e. The largest absolute Gasteiger partial charge is 0.342 e. The molecule has 112 valence electrons. The fourth-order valence-corrected chi connectivity index (χ4v) is 2.00. The quantitative estimate of drug-likeness (QED) is 0.725. The third-order valence-electron chi connectivity index (χ3n) is 3.40. The van der Waals surface area contributed by atoms with Crippen LogP contribution in [0.25, 0.3) is 0 Å². The van der Waals surface area contributed by atoms with Gasteiger partial charge in [0.05, 0.1) is 12.5 Å². The van der Waals surface area contributed by atoms with Crippen molar-refractivity contribution in [3.05, 3.63) is 34.9 Å². The Bertz CT molecular complexity index is 534. The number of benzene rings is 1. The van der Waals surface area contributed by atoms with Gasteiger partial charge in [0.2, 0.25) is 5.91 Å². The van der Waals surface area contributed by atoms with E-state index in [0.29, 0.717) is 36.3 Å². The molecule has 0 saturated carbocycles.